The Bertz CT molecular complexity index is 321. The van der Waals surface area contributed by atoms with E-state index in [1.165, 1.54) is 0 Å². The second-order valence-electron chi connectivity index (χ2n) is 6.16. The van der Waals surface area contributed by atoms with E-state index in [1.807, 2.05) is 0 Å². The van der Waals surface area contributed by atoms with Gasteiger partial charge in [-0.1, -0.05) is 26.7 Å². The van der Waals surface area contributed by atoms with E-state index < -0.39 is 5.54 Å². The highest BCUT2D eigenvalue weighted by Crippen LogP contribution is 2.32. The molecule has 0 radical (unpaired) electrons. The van der Waals surface area contributed by atoms with Crippen LogP contribution in [0.2, 0.25) is 0 Å². The molecule has 1 aliphatic heterocycles. The van der Waals surface area contributed by atoms with Crippen LogP contribution in [0.15, 0.2) is 0 Å². The summed E-state index contributed by atoms with van der Waals surface area (Å²) in [6.07, 6.45) is 3.93. The Labute approximate surface area is 122 Å². The molecule has 3 N–H and O–H groups in total. The first-order valence-corrected chi connectivity index (χ1v) is 7.99. The topological polar surface area (TPSA) is 67.6 Å². The van der Waals surface area contributed by atoms with Crippen LogP contribution in [-0.4, -0.2) is 55.2 Å². The molecule has 1 aliphatic carbocycles. The smallest absolute Gasteiger partial charge is 0.240 e. The van der Waals surface area contributed by atoms with Gasteiger partial charge in [-0.25, -0.2) is 0 Å². The van der Waals surface area contributed by atoms with E-state index >= 15 is 0 Å². The summed E-state index contributed by atoms with van der Waals surface area (Å²) in [6, 6.07) is 0.403. The van der Waals surface area contributed by atoms with Crippen molar-refractivity contribution in [2.75, 3.05) is 32.8 Å². The van der Waals surface area contributed by atoms with Crippen LogP contribution in [0.3, 0.4) is 0 Å². The zero-order valence-corrected chi connectivity index (χ0v) is 12.9. The molecule has 0 aromatic heterocycles. The van der Waals surface area contributed by atoms with Gasteiger partial charge in [0, 0.05) is 25.7 Å². The number of hydrogen-bond donors (Lipinski definition) is 2. The van der Waals surface area contributed by atoms with Crippen LogP contribution in [0, 0.1) is 5.92 Å². The first-order valence-electron chi connectivity index (χ1n) is 7.99. The standard InChI is InChI=1S/C15H29N3O2/c1-3-12(4-2)13(18-7-9-20-10-8-18)11-17-14(19)15(16)5-6-15/h12-13H,3-11,16H2,1-2H3,(H,17,19). The number of morpholine rings is 1. The molecule has 0 spiro atoms. The van der Waals surface area contributed by atoms with Crippen LogP contribution in [0.25, 0.3) is 0 Å². The van der Waals surface area contributed by atoms with Crippen LogP contribution in [0.4, 0.5) is 0 Å². The molecule has 2 aliphatic rings. The number of nitrogens with zero attached hydrogens (tertiary/aromatic N) is 1. The van der Waals surface area contributed by atoms with Crippen LogP contribution < -0.4 is 11.1 Å². The number of carbonyl (C=O) groups excluding carboxylic acids is 1. The molecule has 1 amide bonds. The van der Waals surface area contributed by atoms with Crippen LogP contribution in [0.1, 0.15) is 39.5 Å². The average molecular weight is 283 g/mol. The second-order valence-corrected chi connectivity index (χ2v) is 6.16. The fourth-order valence-corrected chi connectivity index (χ4v) is 3.07. The summed E-state index contributed by atoms with van der Waals surface area (Å²) in [5, 5.41) is 3.09. The summed E-state index contributed by atoms with van der Waals surface area (Å²) in [7, 11) is 0. The molecule has 1 atom stereocenters. The highest BCUT2D eigenvalue weighted by atomic mass is 16.5. The lowest BCUT2D eigenvalue weighted by Gasteiger charge is -2.39. The monoisotopic (exact) mass is 283 g/mol. The highest BCUT2D eigenvalue weighted by molar-refractivity contribution is 5.88. The lowest BCUT2D eigenvalue weighted by Crippen LogP contribution is -2.54. The number of nitrogens with one attached hydrogen (secondary N) is 1. The second kappa shape index (κ2) is 6.87. The van der Waals surface area contributed by atoms with Crippen molar-refractivity contribution in [3.05, 3.63) is 0 Å². The van der Waals surface area contributed by atoms with Gasteiger partial charge >= 0.3 is 0 Å². The third-order valence-corrected chi connectivity index (χ3v) is 4.82. The van der Waals surface area contributed by atoms with E-state index in [-0.39, 0.29) is 5.91 Å². The average Bonchev–Trinajstić information content (AvgIpc) is 3.23. The lowest BCUT2D eigenvalue weighted by molar-refractivity contribution is -0.123. The molecule has 2 rings (SSSR count). The fraction of sp³-hybridized carbons (Fsp3) is 0.933. The molecule has 0 aromatic carbocycles. The first-order chi connectivity index (χ1) is 9.60. The molecule has 1 heterocycles. The molecule has 1 saturated heterocycles. The summed E-state index contributed by atoms with van der Waals surface area (Å²) in [5.74, 6) is 0.642. The van der Waals surface area contributed by atoms with Gasteiger partial charge in [-0.05, 0) is 18.8 Å². The third kappa shape index (κ3) is 3.71. The van der Waals surface area contributed by atoms with Crippen molar-refractivity contribution in [3.8, 4) is 0 Å². The van der Waals surface area contributed by atoms with Crippen molar-refractivity contribution in [1.29, 1.82) is 0 Å². The molecule has 116 valence electrons. The van der Waals surface area contributed by atoms with Gasteiger partial charge in [-0.2, -0.15) is 0 Å². The number of rotatable bonds is 7. The zero-order valence-electron chi connectivity index (χ0n) is 12.9. The van der Waals surface area contributed by atoms with Crippen LogP contribution in [-0.2, 0) is 9.53 Å². The number of carbonyl (C=O) groups is 1. The zero-order chi connectivity index (χ0) is 14.6. The van der Waals surface area contributed by atoms with E-state index in [0.717, 1.165) is 52.0 Å². The van der Waals surface area contributed by atoms with Crippen molar-refractivity contribution in [2.24, 2.45) is 11.7 Å². The molecule has 5 heteroatoms. The largest absolute Gasteiger partial charge is 0.379 e. The molecule has 20 heavy (non-hydrogen) atoms. The molecular formula is C15H29N3O2. The predicted octanol–water partition coefficient (Wildman–Crippen LogP) is 0.731. The number of nitrogens with two attached hydrogens (primary N) is 1. The Kier molecular flexibility index (Phi) is 5.41. The quantitative estimate of drug-likeness (QED) is 0.723. The summed E-state index contributed by atoms with van der Waals surface area (Å²) >= 11 is 0. The van der Waals surface area contributed by atoms with Crippen molar-refractivity contribution < 1.29 is 9.53 Å². The molecule has 5 nitrogen and oxygen atoms in total. The molecule has 0 bridgehead atoms. The van der Waals surface area contributed by atoms with E-state index in [1.54, 1.807) is 0 Å². The van der Waals surface area contributed by atoms with E-state index in [9.17, 15) is 4.79 Å². The molecule has 1 saturated carbocycles. The van der Waals surface area contributed by atoms with Gasteiger partial charge in [0.05, 0.1) is 18.8 Å². The van der Waals surface area contributed by atoms with Crippen molar-refractivity contribution >= 4 is 5.91 Å². The minimum atomic E-state index is -0.566. The summed E-state index contributed by atoms with van der Waals surface area (Å²) in [6.45, 7) is 8.69. The van der Waals surface area contributed by atoms with E-state index in [0.29, 0.717) is 18.5 Å². The Morgan fingerprint density at radius 1 is 1.30 bits per heavy atom. The minimum Gasteiger partial charge on any atom is -0.379 e. The number of ether oxygens (including phenoxy) is 1. The number of hydrogen-bond acceptors (Lipinski definition) is 4. The highest BCUT2D eigenvalue weighted by Gasteiger charge is 2.46. The summed E-state index contributed by atoms with van der Waals surface area (Å²) < 4.78 is 5.44. The van der Waals surface area contributed by atoms with Crippen molar-refractivity contribution in [1.82, 2.24) is 10.2 Å². The minimum absolute atomic E-state index is 0.0294. The Hall–Kier alpha value is -0.650. The van der Waals surface area contributed by atoms with E-state index in [2.05, 4.69) is 24.1 Å². The Balaban J connectivity index is 1.92. The third-order valence-electron chi connectivity index (χ3n) is 4.82. The van der Waals surface area contributed by atoms with Gasteiger partial charge < -0.3 is 15.8 Å². The fourth-order valence-electron chi connectivity index (χ4n) is 3.07. The van der Waals surface area contributed by atoms with Gasteiger partial charge in [-0.15, -0.1) is 0 Å². The Morgan fingerprint density at radius 3 is 2.40 bits per heavy atom. The van der Waals surface area contributed by atoms with Crippen LogP contribution in [0.5, 0.6) is 0 Å². The van der Waals surface area contributed by atoms with Gasteiger partial charge in [0.15, 0.2) is 0 Å². The van der Waals surface area contributed by atoms with Gasteiger partial charge in [0.1, 0.15) is 0 Å². The predicted molar refractivity (Wildman–Crippen MR) is 79.4 cm³/mol. The van der Waals surface area contributed by atoms with Crippen molar-refractivity contribution in [3.63, 3.8) is 0 Å². The van der Waals surface area contributed by atoms with Gasteiger partial charge in [0.25, 0.3) is 0 Å². The van der Waals surface area contributed by atoms with E-state index in [4.69, 9.17) is 10.5 Å². The summed E-state index contributed by atoms with van der Waals surface area (Å²) in [4.78, 5) is 14.5. The molecular weight excluding hydrogens is 254 g/mol. The molecule has 1 unspecified atom stereocenters. The van der Waals surface area contributed by atoms with Gasteiger partial charge in [-0.3, -0.25) is 9.69 Å². The molecule has 2 fully saturated rings. The Morgan fingerprint density at radius 2 is 1.90 bits per heavy atom. The summed E-state index contributed by atoms with van der Waals surface area (Å²) in [5.41, 5.74) is 5.38. The maximum atomic E-state index is 12.0. The van der Waals surface area contributed by atoms with Gasteiger partial charge in [0.2, 0.25) is 5.91 Å². The number of amides is 1. The van der Waals surface area contributed by atoms with Crippen LogP contribution >= 0.6 is 0 Å². The maximum Gasteiger partial charge on any atom is 0.240 e. The van der Waals surface area contributed by atoms with Crippen molar-refractivity contribution in [2.45, 2.75) is 51.1 Å². The normalized spacial score (nSPS) is 23.6. The maximum absolute atomic E-state index is 12.0. The first kappa shape index (κ1) is 15.7. The SMILES string of the molecule is CCC(CC)C(CNC(=O)C1(N)CC1)N1CCOCC1. The molecule has 0 aromatic rings. The lowest BCUT2D eigenvalue weighted by atomic mass is 9.92.